The third-order valence-electron chi connectivity index (χ3n) is 1.81. The van der Waals surface area contributed by atoms with E-state index in [9.17, 15) is 0 Å². The molecule has 0 amide bonds. The third-order valence-corrected chi connectivity index (χ3v) is 2.13. The minimum Gasteiger partial charge on any atom is -0.380 e. The van der Waals surface area contributed by atoms with E-state index in [2.05, 4.69) is 4.98 Å². The van der Waals surface area contributed by atoms with Crippen molar-refractivity contribution in [1.82, 2.24) is 4.98 Å². The van der Waals surface area contributed by atoms with Crippen molar-refractivity contribution >= 4 is 11.6 Å². The summed E-state index contributed by atoms with van der Waals surface area (Å²) in [6, 6.07) is 3.70. The van der Waals surface area contributed by atoms with Crippen molar-refractivity contribution in [3.8, 4) is 0 Å². The lowest BCUT2D eigenvalue weighted by Gasteiger charge is -2.25. The maximum Gasteiger partial charge on any atom is 0.0666 e. The molecule has 2 rings (SSSR count). The number of halogens is 1. The van der Waals surface area contributed by atoms with Crippen LogP contribution in [0.1, 0.15) is 11.6 Å². The van der Waals surface area contributed by atoms with Crippen LogP contribution in [0, 0.1) is 0 Å². The molecule has 11 heavy (non-hydrogen) atoms. The van der Waals surface area contributed by atoms with Crippen LogP contribution in [-0.2, 0) is 4.74 Å². The van der Waals surface area contributed by atoms with Gasteiger partial charge in [-0.1, -0.05) is 11.6 Å². The van der Waals surface area contributed by atoms with E-state index >= 15 is 0 Å². The van der Waals surface area contributed by atoms with Crippen LogP contribution in [0.25, 0.3) is 0 Å². The number of hydrogen-bond donors (Lipinski definition) is 0. The van der Waals surface area contributed by atoms with Crippen molar-refractivity contribution in [1.29, 1.82) is 0 Å². The average molecular weight is 170 g/mol. The Bertz CT molecular complexity index is 260. The van der Waals surface area contributed by atoms with Gasteiger partial charge in [0.05, 0.1) is 23.9 Å². The Morgan fingerprint density at radius 1 is 1.55 bits per heavy atom. The summed E-state index contributed by atoms with van der Waals surface area (Å²) in [7, 11) is 0. The van der Waals surface area contributed by atoms with Crippen molar-refractivity contribution in [2.24, 2.45) is 0 Å². The standard InChI is InChI=1S/C8H8ClNO/c9-7-2-1-3-10-8(7)6-4-11-5-6/h1-3,6H,4-5H2. The van der Waals surface area contributed by atoms with Gasteiger partial charge in [0.15, 0.2) is 0 Å². The largest absolute Gasteiger partial charge is 0.380 e. The van der Waals surface area contributed by atoms with Gasteiger partial charge < -0.3 is 4.74 Å². The second kappa shape index (κ2) is 2.80. The summed E-state index contributed by atoms with van der Waals surface area (Å²) < 4.78 is 5.05. The smallest absolute Gasteiger partial charge is 0.0666 e. The molecule has 0 atom stereocenters. The lowest BCUT2D eigenvalue weighted by Crippen LogP contribution is -2.26. The van der Waals surface area contributed by atoms with Crippen LogP contribution in [0.5, 0.6) is 0 Å². The minimum atomic E-state index is 0.420. The summed E-state index contributed by atoms with van der Waals surface area (Å²) >= 11 is 5.91. The van der Waals surface area contributed by atoms with Gasteiger partial charge in [-0.25, -0.2) is 0 Å². The van der Waals surface area contributed by atoms with Crippen molar-refractivity contribution < 1.29 is 4.74 Å². The fraction of sp³-hybridized carbons (Fsp3) is 0.375. The molecule has 58 valence electrons. The van der Waals surface area contributed by atoms with Crippen LogP contribution in [0.4, 0.5) is 0 Å². The van der Waals surface area contributed by atoms with Gasteiger partial charge in [0, 0.05) is 12.1 Å². The predicted octanol–water partition coefficient (Wildman–Crippen LogP) is 1.85. The van der Waals surface area contributed by atoms with Crippen LogP contribution in [0.2, 0.25) is 5.02 Å². The number of rotatable bonds is 1. The number of hydrogen-bond acceptors (Lipinski definition) is 2. The van der Waals surface area contributed by atoms with Gasteiger partial charge in [0.25, 0.3) is 0 Å². The van der Waals surface area contributed by atoms with E-state index in [0.717, 1.165) is 23.9 Å². The molecule has 0 unspecified atom stereocenters. The molecule has 0 aliphatic carbocycles. The molecule has 0 spiro atoms. The molecule has 1 fully saturated rings. The van der Waals surface area contributed by atoms with Gasteiger partial charge in [-0.05, 0) is 12.1 Å². The van der Waals surface area contributed by atoms with Crippen molar-refractivity contribution in [3.05, 3.63) is 29.0 Å². The molecule has 1 saturated heterocycles. The Morgan fingerprint density at radius 3 is 2.91 bits per heavy atom. The summed E-state index contributed by atoms with van der Waals surface area (Å²) in [5.74, 6) is 0.420. The molecule has 3 heteroatoms. The summed E-state index contributed by atoms with van der Waals surface area (Å²) in [6.45, 7) is 1.52. The SMILES string of the molecule is Clc1cccnc1C1COC1. The van der Waals surface area contributed by atoms with Gasteiger partial charge in [-0.3, -0.25) is 4.98 Å². The van der Waals surface area contributed by atoms with E-state index in [1.165, 1.54) is 0 Å². The predicted molar refractivity (Wildman–Crippen MR) is 42.8 cm³/mol. The van der Waals surface area contributed by atoms with Crippen LogP contribution in [-0.4, -0.2) is 18.2 Å². The summed E-state index contributed by atoms with van der Waals surface area (Å²) in [6.07, 6.45) is 1.76. The number of aromatic nitrogens is 1. The first-order valence-corrected chi connectivity index (χ1v) is 3.94. The van der Waals surface area contributed by atoms with E-state index in [0.29, 0.717) is 5.92 Å². The van der Waals surface area contributed by atoms with Gasteiger partial charge in [0.2, 0.25) is 0 Å². The highest BCUT2D eigenvalue weighted by molar-refractivity contribution is 6.31. The molecule has 0 bridgehead atoms. The van der Waals surface area contributed by atoms with Gasteiger partial charge in [-0.2, -0.15) is 0 Å². The highest BCUT2D eigenvalue weighted by Gasteiger charge is 2.23. The molecular formula is C8H8ClNO. The highest BCUT2D eigenvalue weighted by atomic mass is 35.5. The fourth-order valence-electron chi connectivity index (χ4n) is 1.09. The van der Waals surface area contributed by atoms with E-state index in [1.54, 1.807) is 6.20 Å². The van der Waals surface area contributed by atoms with E-state index in [1.807, 2.05) is 12.1 Å². The van der Waals surface area contributed by atoms with Gasteiger partial charge in [0.1, 0.15) is 0 Å². The lowest BCUT2D eigenvalue weighted by atomic mass is 10.0. The van der Waals surface area contributed by atoms with Crippen LogP contribution >= 0.6 is 11.6 Å². The first-order chi connectivity index (χ1) is 5.38. The average Bonchev–Trinajstić information content (AvgIpc) is 1.90. The zero-order valence-electron chi connectivity index (χ0n) is 5.96. The van der Waals surface area contributed by atoms with Crippen LogP contribution in [0.15, 0.2) is 18.3 Å². The Hall–Kier alpha value is -0.600. The lowest BCUT2D eigenvalue weighted by molar-refractivity contribution is 0.00676. The zero-order valence-corrected chi connectivity index (χ0v) is 6.71. The third kappa shape index (κ3) is 1.24. The van der Waals surface area contributed by atoms with Crippen molar-refractivity contribution in [3.63, 3.8) is 0 Å². The molecular weight excluding hydrogens is 162 g/mol. The Kier molecular flexibility index (Phi) is 1.80. The molecule has 0 aromatic carbocycles. The highest BCUT2D eigenvalue weighted by Crippen LogP contribution is 2.27. The monoisotopic (exact) mass is 169 g/mol. The second-order valence-electron chi connectivity index (χ2n) is 2.60. The minimum absolute atomic E-state index is 0.420. The molecule has 2 heterocycles. The van der Waals surface area contributed by atoms with Crippen molar-refractivity contribution in [2.75, 3.05) is 13.2 Å². The first-order valence-electron chi connectivity index (χ1n) is 3.56. The Morgan fingerprint density at radius 2 is 2.36 bits per heavy atom. The molecule has 1 aromatic rings. The zero-order chi connectivity index (χ0) is 7.68. The van der Waals surface area contributed by atoms with Gasteiger partial charge >= 0.3 is 0 Å². The molecule has 1 aromatic heterocycles. The molecule has 0 N–H and O–H groups in total. The summed E-state index contributed by atoms with van der Waals surface area (Å²) in [4.78, 5) is 4.19. The van der Waals surface area contributed by atoms with E-state index < -0.39 is 0 Å². The van der Waals surface area contributed by atoms with Gasteiger partial charge in [-0.15, -0.1) is 0 Å². The van der Waals surface area contributed by atoms with Crippen molar-refractivity contribution in [2.45, 2.75) is 5.92 Å². The quantitative estimate of drug-likeness (QED) is 0.640. The number of nitrogens with zero attached hydrogens (tertiary/aromatic N) is 1. The normalized spacial score (nSPS) is 17.9. The molecule has 0 saturated carbocycles. The Balaban J connectivity index is 2.28. The summed E-state index contributed by atoms with van der Waals surface area (Å²) in [5, 5.41) is 0.751. The molecule has 2 nitrogen and oxygen atoms in total. The molecule has 0 radical (unpaired) electrons. The second-order valence-corrected chi connectivity index (χ2v) is 3.01. The number of pyridine rings is 1. The van der Waals surface area contributed by atoms with Crippen LogP contribution in [0.3, 0.4) is 0 Å². The fourth-order valence-corrected chi connectivity index (χ4v) is 1.37. The molecule has 1 aliphatic rings. The van der Waals surface area contributed by atoms with E-state index in [-0.39, 0.29) is 0 Å². The van der Waals surface area contributed by atoms with Crippen LogP contribution < -0.4 is 0 Å². The maximum absolute atomic E-state index is 5.91. The maximum atomic E-state index is 5.91. The topological polar surface area (TPSA) is 22.1 Å². The first kappa shape index (κ1) is 7.07. The molecule has 1 aliphatic heterocycles. The number of ether oxygens (including phenoxy) is 1. The Labute approximate surface area is 70.2 Å². The summed E-state index contributed by atoms with van der Waals surface area (Å²) in [5.41, 5.74) is 0.973. The van der Waals surface area contributed by atoms with E-state index in [4.69, 9.17) is 16.3 Å².